The predicted octanol–water partition coefficient (Wildman–Crippen LogP) is 2.58. The van der Waals surface area contributed by atoms with Gasteiger partial charge in [-0.05, 0) is 42.6 Å². The van der Waals surface area contributed by atoms with Gasteiger partial charge in [-0.3, -0.25) is 9.69 Å². The Balaban J connectivity index is 1.48. The van der Waals surface area contributed by atoms with Crippen LogP contribution in [0.5, 0.6) is 5.75 Å². The lowest BCUT2D eigenvalue weighted by molar-refractivity contribution is -0.126. The topological polar surface area (TPSA) is 44.8 Å². The van der Waals surface area contributed by atoms with E-state index in [-0.39, 0.29) is 11.9 Å². The first kappa shape index (κ1) is 17.8. The van der Waals surface area contributed by atoms with E-state index in [0.717, 1.165) is 31.9 Å². The summed E-state index contributed by atoms with van der Waals surface area (Å²) in [6, 6.07) is 12.1. The number of carbonyl (C=O) groups excluding carboxylic acids is 1. The number of hydrogen-bond acceptors (Lipinski definition) is 5. The Labute approximate surface area is 153 Å². The number of benzene rings is 1. The van der Waals surface area contributed by atoms with Crippen LogP contribution in [0, 0.1) is 0 Å². The van der Waals surface area contributed by atoms with Gasteiger partial charge in [0.2, 0.25) is 5.91 Å². The van der Waals surface area contributed by atoms with E-state index < -0.39 is 0 Å². The first-order valence-electron chi connectivity index (χ1n) is 8.60. The highest BCUT2D eigenvalue weighted by Gasteiger charge is 2.25. The van der Waals surface area contributed by atoms with Gasteiger partial charge in [-0.1, -0.05) is 6.07 Å². The molecule has 1 amide bonds. The van der Waals surface area contributed by atoms with Crippen LogP contribution in [0.3, 0.4) is 0 Å². The van der Waals surface area contributed by atoms with E-state index in [1.54, 1.807) is 18.4 Å². The van der Waals surface area contributed by atoms with Crippen LogP contribution in [0.2, 0.25) is 0 Å². The third kappa shape index (κ3) is 4.52. The van der Waals surface area contributed by atoms with E-state index >= 15 is 0 Å². The summed E-state index contributed by atoms with van der Waals surface area (Å²) in [4.78, 5) is 18.2. The highest BCUT2D eigenvalue weighted by Crippen LogP contribution is 2.21. The van der Waals surface area contributed by atoms with Crippen molar-refractivity contribution in [2.24, 2.45) is 0 Å². The number of hydrogen-bond donors (Lipinski definition) is 1. The number of thiophene rings is 1. The van der Waals surface area contributed by atoms with Crippen LogP contribution in [0.1, 0.15) is 11.8 Å². The first-order valence-corrected chi connectivity index (χ1v) is 9.48. The van der Waals surface area contributed by atoms with Crippen LogP contribution in [-0.4, -0.2) is 50.1 Å². The molecule has 0 radical (unpaired) electrons. The molecule has 6 heteroatoms. The van der Waals surface area contributed by atoms with Gasteiger partial charge in [-0.15, -0.1) is 11.3 Å². The summed E-state index contributed by atoms with van der Waals surface area (Å²) in [6.45, 7) is 6.24. The lowest BCUT2D eigenvalue weighted by atomic mass is 10.2. The number of piperazine rings is 1. The molecular formula is C19H25N3O2S. The van der Waals surface area contributed by atoms with Gasteiger partial charge in [-0.25, -0.2) is 0 Å². The Morgan fingerprint density at radius 3 is 2.52 bits per heavy atom. The van der Waals surface area contributed by atoms with Gasteiger partial charge in [0.25, 0.3) is 0 Å². The van der Waals surface area contributed by atoms with E-state index in [4.69, 9.17) is 4.74 Å². The fourth-order valence-electron chi connectivity index (χ4n) is 3.06. The van der Waals surface area contributed by atoms with Gasteiger partial charge >= 0.3 is 0 Å². The van der Waals surface area contributed by atoms with Gasteiger partial charge < -0.3 is 15.0 Å². The number of nitrogens with zero attached hydrogens (tertiary/aromatic N) is 2. The molecule has 1 fully saturated rings. The monoisotopic (exact) mass is 359 g/mol. The molecule has 0 saturated carbocycles. The second kappa shape index (κ2) is 8.36. The highest BCUT2D eigenvalue weighted by atomic mass is 32.1. The second-order valence-electron chi connectivity index (χ2n) is 6.19. The average molecular weight is 359 g/mol. The lowest BCUT2D eigenvalue weighted by Crippen LogP contribution is -2.53. The van der Waals surface area contributed by atoms with Crippen LogP contribution in [0.25, 0.3) is 0 Å². The van der Waals surface area contributed by atoms with Crippen molar-refractivity contribution in [3.8, 4) is 5.75 Å². The van der Waals surface area contributed by atoms with Gasteiger partial charge in [0.1, 0.15) is 5.75 Å². The molecule has 0 aliphatic carbocycles. The van der Waals surface area contributed by atoms with E-state index in [1.807, 2.05) is 36.6 Å². The van der Waals surface area contributed by atoms with Crippen LogP contribution in [-0.2, 0) is 11.3 Å². The number of amides is 1. The molecule has 1 aliphatic rings. The van der Waals surface area contributed by atoms with Crippen molar-refractivity contribution in [3.63, 3.8) is 0 Å². The van der Waals surface area contributed by atoms with Gasteiger partial charge in [0.15, 0.2) is 0 Å². The van der Waals surface area contributed by atoms with E-state index in [1.165, 1.54) is 10.6 Å². The lowest BCUT2D eigenvalue weighted by Gasteiger charge is -2.38. The molecule has 1 atom stereocenters. The number of nitrogens with one attached hydrogen (secondary N) is 1. The minimum Gasteiger partial charge on any atom is -0.497 e. The largest absolute Gasteiger partial charge is 0.497 e. The van der Waals surface area contributed by atoms with Crippen molar-refractivity contribution >= 4 is 22.9 Å². The van der Waals surface area contributed by atoms with Gasteiger partial charge in [-0.2, -0.15) is 0 Å². The molecule has 1 aromatic heterocycles. The number of carbonyl (C=O) groups is 1. The Hall–Kier alpha value is -2.05. The maximum absolute atomic E-state index is 12.4. The number of ether oxygens (including phenoxy) is 1. The Morgan fingerprint density at radius 1 is 1.20 bits per heavy atom. The summed E-state index contributed by atoms with van der Waals surface area (Å²) >= 11 is 1.67. The fourth-order valence-corrected chi connectivity index (χ4v) is 3.71. The standard InChI is InChI=1S/C19H25N3O2S/c1-15(19(23)20-14-18-4-3-13-25-18)21-9-11-22(12-10-21)16-5-7-17(24-2)8-6-16/h3-8,13,15H,9-12,14H2,1-2H3,(H,20,23)/t15-/m1/s1. The summed E-state index contributed by atoms with van der Waals surface area (Å²) in [5, 5.41) is 5.07. The molecule has 134 valence electrons. The maximum atomic E-state index is 12.4. The summed E-state index contributed by atoms with van der Waals surface area (Å²) in [6.07, 6.45) is 0. The fraction of sp³-hybridized carbons (Fsp3) is 0.421. The summed E-state index contributed by atoms with van der Waals surface area (Å²) < 4.78 is 5.21. The molecule has 0 spiro atoms. The smallest absolute Gasteiger partial charge is 0.237 e. The van der Waals surface area contributed by atoms with Gasteiger partial charge in [0, 0.05) is 36.7 Å². The van der Waals surface area contributed by atoms with Crippen molar-refractivity contribution in [3.05, 3.63) is 46.7 Å². The first-order chi connectivity index (χ1) is 12.2. The summed E-state index contributed by atoms with van der Waals surface area (Å²) in [5.74, 6) is 0.977. The molecule has 25 heavy (non-hydrogen) atoms. The molecule has 1 aliphatic heterocycles. The Kier molecular flexibility index (Phi) is 5.94. The van der Waals surface area contributed by atoms with Crippen molar-refractivity contribution in [1.29, 1.82) is 0 Å². The summed E-state index contributed by atoms with van der Waals surface area (Å²) in [7, 11) is 1.68. The third-order valence-corrected chi connectivity index (χ3v) is 5.57. The molecule has 3 rings (SSSR count). The molecule has 2 aromatic rings. The van der Waals surface area contributed by atoms with Crippen LogP contribution in [0.15, 0.2) is 41.8 Å². The molecule has 5 nitrogen and oxygen atoms in total. The van der Waals surface area contributed by atoms with Crippen LogP contribution >= 0.6 is 11.3 Å². The molecule has 1 saturated heterocycles. The normalized spacial score (nSPS) is 16.5. The minimum atomic E-state index is -0.0991. The predicted molar refractivity (Wildman–Crippen MR) is 102 cm³/mol. The molecule has 0 bridgehead atoms. The number of methoxy groups -OCH3 is 1. The maximum Gasteiger partial charge on any atom is 0.237 e. The SMILES string of the molecule is COc1ccc(N2CCN([C@H](C)C(=O)NCc3cccs3)CC2)cc1. The zero-order valence-corrected chi connectivity index (χ0v) is 15.6. The van der Waals surface area contributed by atoms with Crippen LogP contribution < -0.4 is 15.0 Å². The van der Waals surface area contributed by atoms with Crippen molar-refractivity contribution in [2.45, 2.75) is 19.5 Å². The van der Waals surface area contributed by atoms with Gasteiger partial charge in [0.05, 0.1) is 19.7 Å². The molecule has 1 aromatic carbocycles. The molecule has 0 unspecified atom stereocenters. The minimum absolute atomic E-state index is 0.0991. The third-order valence-electron chi connectivity index (χ3n) is 4.70. The Morgan fingerprint density at radius 2 is 1.92 bits per heavy atom. The molecular weight excluding hydrogens is 334 g/mol. The Bertz CT molecular complexity index is 664. The van der Waals surface area contributed by atoms with E-state index in [2.05, 4.69) is 27.2 Å². The van der Waals surface area contributed by atoms with Crippen molar-refractivity contribution in [2.75, 3.05) is 38.2 Å². The number of rotatable bonds is 6. The zero-order chi connectivity index (χ0) is 17.6. The molecule has 1 N–H and O–H groups in total. The average Bonchev–Trinajstić information content (AvgIpc) is 3.19. The molecule has 2 heterocycles. The van der Waals surface area contributed by atoms with Crippen molar-refractivity contribution < 1.29 is 9.53 Å². The number of anilines is 1. The highest BCUT2D eigenvalue weighted by molar-refractivity contribution is 7.09. The second-order valence-corrected chi connectivity index (χ2v) is 7.23. The van der Waals surface area contributed by atoms with Crippen LogP contribution in [0.4, 0.5) is 5.69 Å². The summed E-state index contributed by atoms with van der Waals surface area (Å²) in [5.41, 5.74) is 1.20. The van der Waals surface area contributed by atoms with E-state index in [9.17, 15) is 4.79 Å². The quantitative estimate of drug-likeness (QED) is 0.861. The van der Waals surface area contributed by atoms with E-state index in [0.29, 0.717) is 6.54 Å². The van der Waals surface area contributed by atoms with Crippen molar-refractivity contribution in [1.82, 2.24) is 10.2 Å². The zero-order valence-electron chi connectivity index (χ0n) is 14.8.